The third-order valence-corrected chi connectivity index (χ3v) is 5.29. The van der Waals surface area contributed by atoms with E-state index >= 15 is 0 Å². The summed E-state index contributed by atoms with van der Waals surface area (Å²) in [6.07, 6.45) is 1.83. The molecule has 1 atom stereocenters. The van der Waals surface area contributed by atoms with Gasteiger partial charge >= 0.3 is 0 Å². The molecule has 4 rings (SSSR count). The van der Waals surface area contributed by atoms with E-state index in [0.29, 0.717) is 12.0 Å². The third kappa shape index (κ3) is 2.59. The molecule has 0 N–H and O–H groups in total. The summed E-state index contributed by atoms with van der Waals surface area (Å²) in [6, 6.07) is 7.25. The highest BCUT2D eigenvalue weighted by molar-refractivity contribution is 9.10. The Bertz CT molecular complexity index is 825. The van der Waals surface area contributed by atoms with E-state index in [-0.39, 0.29) is 11.9 Å². The van der Waals surface area contributed by atoms with Crippen molar-refractivity contribution in [2.24, 2.45) is 0 Å². The van der Waals surface area contributed by atoms with Crippen LogP contribution in [0.3, 0.4) is 0 Å². The molecule has 1 fully saturated rings. The summed E-state index contributed by atoms with van der Waals surface area (Å²) >= 11 is 4.91. The maximum absolute atomic E-state index is 14.1. The van der Waals surface area contributed by atoms with Gasteiger partial charge in [-0.2, -0.15) is 0 Å². The van der Waals surface area contributed by atoms with Crippen LogP contribution in [0.25, 0.3) is 10.3 Å². The topological polar surface area (TPSA) is 27.1 Å². The van der Waals surface area contributed by atoms with Crippen LogP contribution in [0.5, 0.6) is 0 Å². The molecule has 3 nitrogen and oxygen atoms in total. The van der Waals surface area contributed by atoms with Gasteiger partial charge in [0.05, 0.1) is 18.2 Å². The molecular formula is C16H14BrFN2OS. The average molecular weight is 381 g/mol. The van der Waals surface area contributed by atoms with Crippen molar-refractivity contribution < 1.29 is 9.13 Å². The van der Waals surface area contributed by atoms with Gasteiger partial charge in [0.15, 0.2) is 0 Å². The first-order valence-corrected chi connectivity index (χ1v) is 8.86. The van der Waals surface area contributed by atoms with Crippen LogP contribution in [-0.4, -0.2) is 22.3 Å². The predicted octanol–water partition coefficient (Wildman–Crippen LogP) is 4.38. The Morgan fingerprint density at radius 3 is 3.00 bits per heavy atom. The fourth-order valence-corrected chi connectivity index (χ4v) is 3.82. The van der Waals surface area contributed by atoms with E-state index in [0.717, 1.165) is 40.2 Å². The summed E-state index contributed by atoms with van der Waals surface area (Å²) in [7, 11) is 0. The van der Waals surface area contributed by atoms with E-state index in [1.54, 1.807) is 11.3 Å². The normalized spacial score (nSPS) is 17.8. The molecule has 6 heteroatoms. The fourth-order valence-electron chi connectivity index (χ4n) is 2.71. The molecule has 0 unspecified atom stereocenters. The summed E-state index contributed by atoms with van der Waals surface area (Å²) < 4.78 is 22.6. The Balaban J connectivity index is 1.70. The van der Waals surface area contributed by atoms with Crippen molar-refractivity contribution >= 4 is 37.6 Å². The second kappa shape index (κ2) is 5.76. The van der Waals surface area contributed by atoms with Crippen LogP contribution in [0, 0.1) is 5.82 Å². The van der Waals surface area contributed by atoms with Gasteiger partial charge in [-0.1, -0.05) is 22.0 Å². The largest absolute Gasteiger partial charge is 0.376 e. The van der Waals surface area contributed by atoms with Gasteiger partial charge in [0.25, 0.3) is 0 Å². The lowest BCUT2D eigenvalue weighted by atomic mass is 10.1. The maximum Gasteiger partial charge on any atom is 0.141 e. The van der Waals surface area contributed by atoms with Crippen LogP contribution in [0.4, 0.5) is 4.39 Å². The number of aromatic nitrogens is 2. The van der Waals surface area contributed by atoms with Gasteiger partial charge in [-0.05, 0) is 35.6 Å². The second-order valence-corrected chi connectivity index (χ2v) is 7.25. The van der Waals surface area contributed by atoms with Gasteiger partial charge in [0.1, 0.15) is 16.5 Å². The maximum atomic E-state index is 14.1. The molecule has 0 aliphatic carbocycles. The number of thiophene rings is 1. The van der Waals surface area contributed by atoms with Crippen molar-refractivity contribution in [3.8, 4) is 0 Å². The summed E-state index contributed by atoms with van der Waals surface area (Å²) in [4.78, 5) is 5.70. The molecule has 0 amide bonds. The first-order chi connectivity index (χ1) is 10.7. The van der Waals surface area contributed by atoms with Crippen molar-refractivity contribution in [2.45, 2.75) is 25.5 Å². The summed E-state index contributed by atoms with van der Waals surface area (Å²) in [5.74, 6) is 0.700. The van der Waals surface area contributed by atoms with Gasteiger partial charge in [0, 0.05) is 17.5 Å². The summed E-state index contributed by atoms with van der Waals surface area (Å²) in [5, 5.41) is 2.04. The van der Waals surface area contributed by atoms with E-state index in [9.17, 15) is 4.39 Å². The minimum atomic E-state index is -0.202. The molecule has 1 aliphatic rings. The highest BCUT2D eigenvalue weighted by Crippen LogP contribution is 2.26. The minimum absolute atomic E-state index is 0.202. The van der Waals surface area contributed by atoms with Gasteiger partial charge < -0.3 is 9.30 Å². The molecule has 114 valence electrons. The van der Waals surface area contributed by atoms with Crippen molar-refractivity contribution in [1.29, 1.82) is 0 Å². The Morgan fingerprint density at radius 2 is 2.27 bits per heavy atom. The number of nitrogens with zero attached hydrogens (tertiary/aromatic N) is 2. The fraction of sp³-hybridized carbons (Fsp3) is 0.312. The molecule has 22 heavy (non-hydrogen) atoms. The zero-order chi connectivity index (χ0) is 15.1. The third-order valence-electron chi connectivity index (χ3n) is 4.00. The van der Waals surface area contributed by atoms with E-state index in [1.807, 2.05) is 17.5 Å². The molecule has 1 aromatic carbocycles. The van der Waals surface area contributed by atoms with Crippen LogP contribution in [0.1, 0.15) is 17.8 Å². The van der Waals surface area contributed by atoms with Crippen molar-refractivity contribution in [1.82, 2.24) is 9.55 Å². The molecule has 0 saturated carbocycles. The average Bonchev–Trinajstić information content (AvgIpc) is 2.99. The molecule has 3 aromatic rings. The first-order valence-electron chi connectivity index (χ1n) is 7.19. The number of hydrogen-bond acceptors (Lipinski definition) is 3. The lowest BCUT2D eigenvalue weighted by Crippen LogP contribution is -2.31. The monoisotopic (exact) mass is 380 g/mol. The Hall–Kier alpha value is -1.24. The molecule has 0 spiro atoms. The number of imidazole rings is 1. The molecule has 0 bridgehead atoms. The van der Waals surface area contributed by atoms with Gasteiger partial charge in [-0.15, -0.1) is 11.3 Å². The lowest BCUT2D eigenvalue weighted by Gasteiger charge is -2.27. The molecular weight excluding hydrogens is 367 g/mol. The van der Waals surface area contributed by atoms with E-state index in [4.69, 9.17) is 9.72 Å². The summed E-state index contributed by atoms with van der Waals surface area (Å²) in [6.45, 7) is 1.63. The lowest BCUT2D eigenvalue weighted by molar-refractivity contribution is -0.0589. The standard InChI is InChI=1S/C16H14BrFN2OS/c17-11-2-1-10(13(18)8-11)7-15-19-16-14(4-6-22-16)20(15)9-12-3-5-21-12/h1-2,4,6,8,12H,3,5,7,9H2/t12-/m1/s1. The number of halogens is 2. The van der Waals surface area contributed by atoms with Crippen LogP contribution in [-0.2, 0) is 17.7 Å². The zero-order valence-electron chi connectivity index (χ0n) is 11.8. The molecule has 0 radical (unpaired) electrons. The van der Waals surface area contributed by atoms with Crippen LogP contribution < -0.4 is 0 Å². The number of rotatable bonds is 4. The summed E-state index contributed by atoms with van der Waals surface area (Å²) in [5.41, 5.74) is 1.78. The van der Waals surface area contributed by atoms with Gasteiger partial charge in [-0.3, -0.25) is 0 Å². The van der Waals surface area contributed by atoms with E-state index in [2.05, 4.69) is 26.6 Å². The molecule has 2 aromatic heterocycles. The second-order valence-electron chi connectivity index (χ2n) is 5.44. The van der Waals surface area contributed by atoms with Crippen molar-refractivity contribution in [3.63, 3.8) is 0 Å². The molecule has 1 saturated heterocycles. The van der Waals surface area contributed by atoms with Crippen molar-refractivity contribution in [3.05, 3.63) is 51.3 Å². The quantitative estimate of drug-likeness (QED) is 0.671. The van der Waals surface area contributed by atoms with Crippen LogP contribution >= 0.6 is 27.3 Å². The van der Waals surface area contributed by atoms with E-state index in [1.165, 1.54) is 6.07 Å². The number of fused-ring (bicyclic) bond motifs is 1. The number of benzene rings is 1. The number of hydrogen-bond donors (Lipinski definition) is 0. The van der Waals surface area contributed by atoms with Crippen LogP contribution in [0.2, 0.25) is 0 Å². The molecule has 1 aliphatic heterocycles. The smallest absolute Gasteiger partial charge is 0.141 e. The van der Waals surface area contributed by atoms with Crippen molar-refractivity contribution in [2.75, 3.05) is 6.61 Å². The Labute approximate surface area is 139 Å². The predicted molar refractivity (Wildman–Crippen MR) is 88.9 cm³/mol. The molecule has 3 heterocycles. The van der Waals surface area contributed by atoms with Gasteiger partial charge in [-0.25, -0.2) is 9.37 Å². The Kier molecular flexibility index (Phi) is 3.76. The number of ether oxygens (including phenoxy) is 1. The SMILES string of the molecule is Fc1cc(Br)ccc1Cc1nc2sccc2n1C[C@H]1CCO1. The van der Waals surface area contributed by atoms with Crippen LogP contribution in [0.15, 0.2) is 34.1 Å². The van der Waals surface area contributed by atoms with Gasteiger partial charge in [0.2, 0.25) is 0 Å². The zero-order valence-corrected chi connectivity index (χ0v) is 14.2. The minimum Gasteiger partial charge on any atom is -0.376 e. The highest BCUT2D eigenvalue weighted by Gasteiger charge is 2.22. The van der Waals surface area contributed by atoms with E-state index < -0.39 is 0 Å². The first kappa shape index (κ1) is 14.4. The highest BCUT2D eigenvalue weighted by atomic mass is 79.9. The Morgan fingerprint density at radius 1 is 1.41 bits per heavy atom.